The van der Waals surface area contributed by atoms with Gasteiger partial charge in [0.1, 0.15) is 0 Å². The van der Waals surface area contributed by atoms with E-state index in [1.807, 2.05) is 25.1 Å². The van der Waals surface area contributed by atoms with Gasteiger partial charge in [0.25, 0.3) is 0 Å². The van der Waals surface area contributed by atoms with Gasteiger partial charge in [0.15, 0.2) is 0 Å². The number of aromatic nitrogens is 2. The lowest BCUT2D eigenvalue weighted by Gasteiger charge is -2.16. The van der Waals surface area contributed by atoms with Gasteiger partial charge in [-0.3, -0.25) is 4.79 Å². The lowest BCUT2D eigenvalue weighted by atomic mass is 10.1. The fourth-order valence-corrected chi connectivity index (χ4v) is 4.67. The monoisotopic (exact) mass is 440 g/mol. The van der Waals surface area contributed by atoms with E-state index in [-0.39, 0.29) is 4.90 Å². The van der Waals surface area contributed by atoms with Crippen LogP contribution >= 0.6 is 0 Å². The Balaban J connectivity index is 1.52. The molecule has 1 aliphatic carbocycles. The number of benzene rings is 2. The second-order valence-corrected chi connectivity index (χ2v) is 9.59. The molecule has 162 valence electrons. The average Bonchev–Trinajstić information content (AvgIpc) is 3.45. The maximum Gasteiger partial charge on any atom is 0.242 e. The maximum absolute atomic E-state index is 13.0. The third-order valence-corrected chi connectivity index (χ3v) is 6.80. The first-order valence-electron chi connectivity index (χ1n) is 10.1. The van der Waals surface area contributed by atoms with E-state index in [0.717, 1.165) is 18.4 Å². The molecule has 1 aromatic heterocycles. The molecule has 0 bridgehead atoms. The highest BCUT2D eigenvalue weighted by Gasteiger charge is 2.30. The van der Waals surface area contributed by atoms with E-state index in [0.29, 0.717) is 34.4 Å². The Hall–Kier alpha value is -3.04. The highest BCUT2D eigenvalue weighted by molar-refractivity contribution is 7.89. The summed E-state index contributed by atoms with van der Waals surface area (Å²) < 4.78 is 33.8. The van der Waals surface area contributed by atoms with E-state index in [1.165, 1.54) is 13.0 Å². The summed E-state index contributed by atoms with van der Waals surface area (Å²) in [7, 11) is -3.96. The third kappa shape index (κ3) is 4.83. The van der Waals surface area contributed by atoms with Crippen LogP contribution in [0.25, 0.3) is 11.4 Å². The van der Waals surface area contributed by atoms with Crippen molar-refractivity contribution >= 4 is 21.6 Å². The third-order valence-electron chi connectivity index (χ3n) is 5.12. The van der Waals surface area contributed by atoms with Gasteiger partial charge in [0, 0.05) is 17.2 Å². The van der Waals surface area contributed by atoms with Crippen LogP contribution in [0.15, 0.2) is 51.9 Å². The average molecular weight is 441 g/mol. The molecule has 2 aromatic carbocycles. The number of aryl methyl sites for hydroxylation is 2. The van der Waals surface area contributed by atoms with Crippen molar-refractivity contribution in [3.8, 4) is 11.4 Å². The van der Waals surface area contributed by atoms with Crippen molar-refractivity contribution in [1.29, 1.82) is 0 Å². The number of carbonyl (C=O) groups excluding carboxylic acids is 1. The van der Waals surface area contributed by atoms with Gasteiger partial charge in [-0.1, -0.05) is 29.4 Å². The Morgan fingerprint density at radius 2 is 1.94 bits per heavy atom. The van der Waals surface area contributed by atoms with E-state index in [2.05, 4.69) is 20.2 Å². The smallest absolute Gasteiger partial charge is 0.242 e. The molecule has 8 nitrogen and oxygen atoms in total. The van der Waals surface area contributed by atoms with E-state index < -0.39 is 22.0 Å². The summed E-state index contributed by atoms with van der Waals surface area (Å²) in [6.45, 7) is 5.11. The van der Waals surface area contributed by atoms with Crippen LogP contribution in [-0.4, -0.2) is 30.5 Å². The van der Waals surface area contributed by atoms with Crippen molar-refractivity contribution in [2.45, 2.75) is 50.5 Å². The van der Waals surface area contributed by atoms with Gasteiger partial charge < -0.3 is 9.84 Å². The first-order valence-corrected chi connectivity index (χ1v) is 11.6. The Bertz CT molecular complexity index is 1230. The normalized spacial score (nSPS) is 14.9. The molecule has 31 heavy (non-hydrogen) atoms. The number of hydrogen-bond donors (Lipinski definition) is 2. The molecule has 0 spiro atoms. The maximum atomic E-state index is 13.0. The Morgan fingerprint density at radius 1 is 1.16 bits per heavy atom. The summed E-state index contributed by atoms with van der Waals surface area (Å²) in [5.41, 5.74) is 2.69. The van der Waals surface area contributed by atoms with Crippen molar-refractivity contribution in [2.75, 3.05) is 5.32 Å². The van der Waals surface area contributed by atoms with Crippen molar-refractivity contribution in [3.05, 3.63) is 59.5 Å². The van der Waals surface area contributed by atoms with Crippen LogP contribution in [0.5, 0.6) is 0 Å². The van der Waals surface area contributed by atoms with Crippen LogP contribution in [-0.2, 0) is 14.8 Å². The minimum absolute atomic E-state index is 0.0676. The molecule has 0 unspecified atom stereocenters. The lowest BCUT2D eigenvalue weighted by Crippen LogP contribution is -2.41. The topological polar surface area (TPSA) is 114 Å². The zero-order chi connectivity index (χ0) is 22.2. The van der Waals surface area contributed by atoms with Gasteiger partial charge in [0.05, 0.1) is 10.9 Å². The standard InChI is InChI=1S/C22H24N4O4S/c1-13-5-4-6-18(11-13)23-21(27)15(3)26-31(28,29)19-12-17(8-7-14(19)2)20-24-22(30-25-20)16-9-10-16/h4-8,11-12,15-16,26H,9-10H2,1-3H3,(H,23,27)/t15-/m0/s1. The number of sulfonamides is 1. The highest BCUT2D eigenvalue weighted by Crippen LogP contribution is 2.39. The molecule has 4 rings (SSSR count). The predicted octanol–water partition coefficient (Wildman–Crippen LogP) is 3.54. The Labute approximate surface area is 181 Å². The zero-order valence-electron chi connectivity index (χ0n) is 17.5. The largest absolute Gasteiger partial charge is 0.339 e. The molecule has 0 aliphatic heterocycles. The van der Waals surface area contributed by atoms with Gasteiger partial charge in [0.2, 0.25) is 27.6 Å². The van der Waals surface area contributed by atoms with Gasteiger partial charge in [-0.15, -0.1) is 0 Å². The Kier molecular flexibility index (Phi) is 5.63. The molecular formula is C22H24N4O4S. The van der Waals surface area contributed by atoms with Crippen LogP contribution < -0.4 is 10.0 Å². The summed E-state index contributed by atoms with van der Waals surface area (Å²) in [5.74, 6) is 0.794. The minimum atomic E-state index is -3.96. The van der Waals surface area contributed by atoms with Gasteiger partial charge in [-0.2, -0.15) is 9.71 Å². The molecule has 9 heteroatoms. The van der Waals surface area contributed by atoms with Gasteiger partial charge in [-0.25, -0.2) is 8.42 Å². The van der Waals surface area contributed by atoms with Gasteiger partial charge >= 0.3 is 0 Å². The minimum Gasteiger partial charge on any atom is -0.339 e. The van der Waals surface area contributed by atoms with Crippen LogP contribution in [0, 0.1) is 13.8 Å². The van der Waals surface area contributed by atoms with Crippen molar-refractivity contribution in [1.82, 2.24) is 14.9 Å². The van der Waals surface area contributed by atoms with E-state index in [1.54, 1.807) is 25.1 Å². The predicted molar refractivity (Wildman–Crippen MR) is 116 cm³/mol. The molecule has 1 heterocycles. The molecular weight excluding hydrogens is 416 g/mol. The first-order chi connectivity index (χ1) is 14.7. The van der Waals surface area contributed by atoms with Crippen molar-refractivity contribution in [2.24, 2.45) is 0 Å². The molecule has 0 radical (unpaired) electrons. The van der Waals surface area contributed by atoms with E-state index in [4.69, 9.17) is 4.52 Å². The summed E-state index contributed by atoms with van der Waals surface area (Å²) in [5, 5.41) is 6.71. The summed E-state index contributed by atoms with van der Waals surface area (Å²) in [6.07, 6.45) is 2.06. The van der Waals surface area contributed by atoms with Crippen LogP contribution in [0.4, 0.5) is 5.69 Å². The first kappa shape index (κ1) is 21.2. The summed E-state index contributed by atoms with van der Waals surface area (Å²) in [4.78, 5) is 17.0. The molecule has 1 amide bonds. The number of rotatable bonds is 7. The zero-order valence-corrected chi connectivity index (χ0v) is 18.4. The summed E-state index contributed by atoms with van der Waals surface area (Å²) >= 11 is 0. The number of amides is 1. The second-order valence-electron chi connectivity index (χ2n) is 7.91. The molecule has 3 aromatic rings. The number of carbonyl (C=O) groups is 1. The van der Waals surface area contributed by atoms with Crippen molar-refractivity contribution < 1.29 is 17.7 Å². The quantitative estimate of drug-likeness (QED) is 0.581. The van der Waals surface area contributed by atoms with Crippen LogP contribution in [0.1, 0.15) is 42.7 Å². The van der Waals surface area contributed by atoms with E-state index >= 15 is 0 Å². The van der Waals surface area contributed by atoms with Gasteiger partial charge in [-0.05, 0) is 62.9 Å². The highest BCUT2D eigenvalue weighted by atomic mass is 32.2. The Morgan fingerprint density at radius 3 is 2.65 bits per heavy atom. The molecule has 1 saturated carbocycles. The SMILES string of the molecule is Cc1cccc(NC(=O)[C@H](C)NS(=O)(=O)c2cc(-c3noc(C4CC4)n3)ccc2C)c1. The number of anilines is 1. The number of hydrogen-bond acceptors (Lipinski definition) is 6. The molecule has 2 N–H and O–H groups in total. The van der Waals surface area contributed by atoms with E-state index in [9.17, 15) is 13.2 Å². The molecule has 1 aliphatic rings. The van der Waals surface area contributed by atoms with Crippen molar-refractivity contribution in [3.63, 3.8) is 0 Å². The molecule has 1 fully saturated rings. The number of nitrogens with one attached hydrogen (secondary N) is 2. The summed E-state index contributed by atoms with van der Waals surface area (Å²) in [6, 6.07) is 11.3. The number of nitrogens with zero attached hydrogens (tertiary/aromatic N) is 2. The molecule has 0 saturated heterocycles. The lowest BCUT2D eigenvalue weighted by molar-refractivity contribution is -0.117. The molecule has 1 atom stereocenters. The fourth-order valence-electron chi connectivity index (χ4n) is 3.20. The van der Waals surface area contributed by atoms with Crippen LogP contribution in [0.2, 0.25) is 0 Å². The van der Waals surface area contributed by atoms with Crippen LogP contribution in [0.3, 0.4) is 0 Å². The second kappa shape index (κ2) is 8.24. The fraction of sp³-hybridized carbons (Fsp3) is 0.318.